The molecule has 0 amide bonds. The molecule has 1 atom stereocenters. The second-order valence-electron chi connectivity index (χ2n) is 5.49. The molecule has 0 aliphatic carbocycles. The Labute approximate surface area is 110 Å². The van der Waals surface area contributed by atoms with Gasteiger partial charge in [0, 0.05) is 16.3 Å². The smallest absolute Gasteiger partial charge is 0.130 e. The highest BCUT2D eigenvalue weighted by molar-refractivity contribution is 7.99. The van der Waals surface area contributed by atoms with Crippen molar-refractivity contribution in [2.75, 3.05) is 11.5 Å². The summed E-state index contributed by atoms with van der Waals surface area (Å²) in [4.78, 5) is 0. The number of rotatable bonds is 1. The zero-order chi connectivity index (χ0) is 12.7. The number of hydrogen-bond acceptors (Lipinski definition) is 2. The Bertz CT molecular complexity index is 435. The third-order valence-electron chi connectivity index (χ3n) is 3.04. The van der Waals surface area contributed by atoms with E-state index < -0.39 is 11.4 Å². The SMILES string of the molecule is CC1(C)CSCC(O)(c2ccc(Cl)cc2F)C1. The van der Waals surface area contributed by atoms with E-state index in [1.165, 1.54) is 6.07 Å². The summed E-state index contributed by atoms with van der Waals surface area (Å²) in [6, 6.07) is 4.49. The Morgan fingerprint density at radius 3 is 2.65 bits per heavy atom. The molecule has 1 fully saturated rings. The summed E-state index contributed by atoms with van der Waals surface area (Å²) in [6.45, 7) is 4.19. The van der Waals surface area contributed by atoms with Gasteiger partial charge in [-0.3, -0.25) is 0 Å². The van der Waals surface area contributed by atoms with Crippen LogP contribution in [0.4, 0.5) is 4.39 Å². The van der Waals surface area contributed by atoms with Crippen LogP contribution in [-0.2, 0) is 5.60 Å². The third kappa shape index (κ3) is 2.78. The molecular formula is C13H16ClFOS. The van der Waals surface area contributed by atoms with E-state index in [1.54, 1.807) is 23.9 Å². The van der Waals surface area contributed by atoms with Crippen molar-refractivity contribution >= 4 is 23.4 Å². The van der Waals surface area contributed by atoms with Gasteiger partial charge in [-0.15, -0.1) is 0 Å². The minimum Gasteiger partial charge on any atom is -0.384 e. The van der Waals surface area contributed by atoms with Gasteiger partial charge in [0.05, 0.1) is 0 Å². The van der Waals surface area contributed by atoms with Crippen LogP contribution in [0.1, 0.15) is 25.8 Å². The zero-order valence-corrected chi connectivity index (χ0v) is 11.5. The minimum absolute atomic E-state index is 0.0176. The van der Waals surface area contributed by atoms with Crippen molar-refractivity contribution in [3.63, 3.8) is 0 Å². The van der Waals surface area contributed by atoms with Crippen molar-refractivity contribution < 1.29 is 9.50 Å². The molecule has 1 aromatic rings. The van der Waals surface area contributed by atoms with Crippen molar-refractivity contribution in [2.24, 2.45) is 5.41 Å². The van der Waals surface area contributed by atoms with Crippen LogP contribution in [0.2, 0.25) is 5.02 Å². The lowest BCUT2D eigenvalue weighted by molar-refractivity contribution is 0.0126. The van der Waals surface area contributed by atoms with Crippen LogP contribution in [0.5, 0.6) is 0 Å². The number of hydrogen-bond donors (Lipinski definition) is 1. The van der Waals surface area contributed by atoms with E-state index in [0.29, 0.717) is 22.8 Å². The lowest BCUT2D eigenvalue weighted by Gasteiger charge is -2.41. The van der Waals surface area contributed by atoms with Crippen LogP contribution in [-0.4, -0.2) is 16.6 Å². The first-order valence-electron chi connectivity index (χ1n) is 5.58. The summed E-state index contributed by atoms with van der Waals surface area (Å²) < 4.78 is 13.9. The first kappa shape index (κ1) is 13.2. The first-order chi connectivity index (χ1) is 7.82. The lowest BCUT2D eigenvalue weighted by atomic mass is 9.78. The largest absolute Gasteiger partial charge is 0.384 e. The molecule has 1 saturated heterocycles. The normalized spacial score (nSPS) is 28.1. The topological polar surface area (TPSA) is 20.2 Å². The van der Waals surface area contributed by atoms with Crippen molar-refractivity contribution in [3.8, 4) is 0 Å². The Hall–Kier alpha value is -0.250. The molecule has 1 unspecified atom stereocenters. The molecular weight excluding hydrogens is 259 g/mol. The highest BCUT2D eigenvalue weighted by Crippen LogP contribution is 2.45. The molecule has 0 bridgehead atoms. The van der Waals surface area contributed by atoms with Gasteiger partial charge in [-0.1, -0.05) is 31.5 Å². The maximum absolute atomic E-state index is 13.9. The lowest BCUT2D eigenvalue weighted by Crippen LogP contribution is -2.40. The van der Waals surface area contributed by atoms with Gasteiger partial charge in [0.1, 0.15) is 11.4 Å². The fourth-order valence-corrected chi connectivity index (χ4v) is 3.94. The van der Waals surface area contributed by atoms with Gasteiger partial charge in [-0.25, -0.2) is 4.39 Å². The average molecular weight is 275 g/mol. The second kappa shape index (κ2) is 4.45. The Morgan fingerprint density at radius 2 is 2.06 bits per heavy atom. The molecule has 1 aromatic carbocycles. The standard InChI is InChI=1S/C13H16ClFOS/c1-12(2)6-13(16,8-17-7-12)10-4-3-9(14)5-11(10)15/h3-5,16H,6-8H2,1-2H3. The van der Waals surface area contributed by atoms with Crippen molar-refractivity contribution in [1.29, 1.82) is 0 Å². The molecule has 2 rings (SSSR count). The van der Waals surface area contributed by atoms with Crippen LogP contribution in [0.25, 0.3) is 0 Å². The predicted molar refractivity (Wildman–Crippen MR) is 71.0 cm³/mol. The minimum atomic E-state index is -1.08. The number of aliphatic hydroxyl groups is 1. The molecule has 0 spiro atoms. The maximum Gasteiger partial charge on any atom is 0.130 e. The molecule has 1 heterocycles. The van der Waals surface area contributed by atoms with Crippen molar-refractivity contribution in [3.05, 3.63) is 34.6 Å². The molecule has 1 N–H and O–H groups in total. The van der Waals surface area contributed by atoms with E-state index >= 15 is 0 Å². The number of thioether (sulfide) groups is 1. The summed E-state index contributed by atoms with van der Waals surface area (Å²) in [7, 11) is 0. The molecule has 94 valence electrons. The van der Waals surface area contributed by atoms with Gasteiger partial charge in [0.25, 0.3) is 0 Å². The fourth-order valence-electron chi connectivity index (χ4n) is 2.43. The molecule has 1 nitrogen and oxygen atoms in total. The van der Waals surface area contributed by atoms with Crippen LogP contribution in [0.3, 0.4) is 0 Å². The van der Waals surface area contributed by atoms with Gasteiger partial charge in [0.15, 0.2) is 0 Å². The van der Waals surface area contributed by atoms with Crippen molar-refractivity contribution in [1.82, 2.24) is 0 Å². The molecule has 0 radical (unpaired) electrons. The van der Waals surface area contributed by atoms with Crippen LogP contribution in [0.15, 0.2) is 18.2 Å². The molecule has 0 aromatic heterocycles. The Kier molecular flexibility index (Phi) is 3.45. The monoisotopic (exact) mass is 274 g/mol. The van der Waals surface area contributed by atoms with E-state index in [-0.39, 0.29) is 5.41 Å². The van der Waals surface area contributed by atoms with E-state index in [4.69, 9.17) is 11.6 Å². The highest BCUT2D eigenvalue weighted by atomic mass is 35.5. The van der Waals surface area contributed by atoms with Crippen molar-refractivity contribution in [2.45, 2.75) is 25.9 Å². The Morgan fingerprint density at radius 1 is 1.35 bits per heavy atom. The second-order valence-corrected chi connectivity index (χ2v) is 6.91. The summed E-state index contributed by atoms with van der Waals surface area (Å²) in [5, 5.41) is 11.0. The third-order valence-corrected chi connectivity index (χ3v) is 4.94. The van der Waals surface area contributed by atoms with E-state index in [0.717, 1.165) is 5.75 Å². The van der Waals surface area contributed by atoms with E-state index in [1.807, 2.05) is 0 Å². The summed E-state index contributed by atoms with van der Waals surface area (Å²) >= 11 is 7.40. The van der Waals surface area contributed by atoms with Crippen LogP contribution in [0, 0.1) is 11.2 Å². The summed E-state index contributed by atoms with van der Waals surface area (Å²) in [6.07, 6.45) is 0.575. The van der Waals surface area contributed by atoms with Gasteiger partial charge < -0.3 is 5.11 Å². The average Bonchev–Trinajstić information content (AvgIpc) is 2.14. The molecule has 17 heavy (non-hydrogen) atoms. The fraction of sp³-hybridized carbons (Fsp3) is 0.538. The van der Waals surface area contributed by atoms with Gasteiger partial charge >= 0.3 is 0 Å². The highest BCUT2D eigenvalue weighted by Gasteiger charge is 2.41. The molecule has 4 heteroatoms. The van der Waals surface area contributed by atoms with Crippen LogP contribution >= 0.6 is 23.4 Å². The molecule has 1 aliphatic heterocycles. The number of halogens is 2. The maximum atomic E-state index is 13.9. The Balaban J connectivity index is 2.37. The molecule has 0 saturated carbocycles. The first-order valence-corrected chi connectivity index (χ1v) is 7.11. The summed E-state index contributed by atoms with van der Waals surface area (Å²) in [5.41, 5.74) is -0.702. The van der Waals surface area contributed by atoms with E-state index in [9.17, 15) is 9.50 Å². The molecule has 1 aliphatic rings. The number of benzene rings is 1. The van der Waals surface area contributed by atoms with Gasteiger partial charge in [0.2, 0.25) is 0 Å². The summed E-state index contributed by atoms with van der Waals surface area (Å²) in [5.74, 6) is 1.11. The zero-order valence-electron chi connectivity index (χ0n) is 9.96. The van der Waals surface area contributed by atoms with Crippen LogP contribution < -0.4 is 0 Å². The van der Waals surface area contributed by atoms with Gasteiger partial charge in [-0.05, 0) is 29.7 Å². The van der Waals surface area contributed by atoms with Gasteiger partial charge in [-0.2, -0.15) is 11.8 Å². The quantitative estimate of drug-likeness (QED) is 0.840. The van der Waals surface area contributed by atoms with E-state index in [2.05, 4.69) is 13.8 Å². The predicted octanol–water partition coefficient (Wildman–Crippen LogP) is 3.83.